The van der Waals surface area contributed by atoms with Gasteiger partial charge in [-0.15, -0.1) is 0 Å². The Morgan fingerprint density at radius 3 is 2.42 bits per heavy atom. The Hall–Kier alpha value is -0.460. The zero-order valence-corrected chi connectivity index (χ0v) is 17.8. The fourth-order valence-corrected chi connectivity index (χ4v) is 6.15. The predicted molar refractivity (Wildman–Crippen MR) is 114 cm³/mol. The molecule has 1 N–H and O–H groups in total. The van der Waals surface area contributed by atoms with E-state index in [9.17, 15) is 0 Å². The number of thioether (sulfide) groups is 1. The first kappa shape index (κ1) is 20.3. The minimum absolute atomic E-state index is 0.503. The summed E-state index contributed by atoms with van der Waals surface area (Å²) in [6, 6.07) is 0. The van der Waals surface area contributed by atoms with Crippen LogP contribution >= 0.6 is 11.8 Å². The SMILES string of the molecule is CCNC(=NCCN1CCN(CC)CC1)N1CCSC2(CCCCC2)C1. The van der Waals surface area contributed by atoms with Crippen molar-refractivity contribution in [3.63, 3.8) is 0 Å². The lowest BCUT2D eigenvalue weighted by Crippen LogP contribution is -2.53. The molecule has 2 saturated heterocycles. The molecule has 26 heavy (non-hydrogen) atoms. The maximum Gasteiger partial charge on any atom is 0.194 e. The van der Waals surface area contributed by atoms with Gasteiger partial charge < -0.3 is 15.1 Å². The molecule has 0 amide bonds. The number of piperazine rings is 1. The summed E-state index contributed by atoms with van der Waals surface area (Å²) < 4.78 is 0.503. The number of likely N-dealkylation sites (N-methyl/N-ethyl adjacent to an activating group) is 1. The second-order valence-corrected chi connectivity index (χ2v) is 9.59. The van der Waals surface area contributed by atoms with Crippen molar-refractivity contribution in [1.29, 1.82) is 0 Å². The van der Waals surface area contributed by atoms with E-state index >= 15 is 0 Å². The van der Waals surface area contributed by atoms with Crippen LogP contribution in [0.25, 0.3) is 0 Å². The molecule has 3 rings (SSSR count). The Morgan fingerprint density at radius 2 is 1.73 bits per heavy atom. The third kappa shape index (κ3) is 5.52. The molecular weight excluding hydrogens is 342 g/mol. The second kappa shape index (κ2) is 10.2. The van der Waals surface area contributed by atoms with Crippen LogP contribution in [0.4, 0.5) is 0 Å². The summed E-state index contributed by atoms with van der Waals surface area (Å²) in [6.07, 6.45) is 7.06. The predicted octanol–water partition coefficient (Wildman–Crippen LogP) is 2.34. The highest BCUT2D eigenvalue weighted by Crippen LogP contribution is 2.42. The highest BCUT2D eigenvalue weighted by Gasteiger charge is 2.38. The molecule has 0 aromatic heterocycles. The van der Waals surface area contributed by atoms with Gasteiger partial charge in [-0.2, -0.15) is 11.8 Å². The van der Waals surface area contributed by atoms with Crippen molar-refractivity contribution < 1.29 is 0 Å². The van der Waals surface area contributed by atoms with E-state index in [2.05, 4.69) is 45.6 Å². The van der Waals surface area contributed by atoms with Crippen molar-refractivity contribution in [1.82, 2.24) is 20.0 Å². The number of guanidine groups is 1. The smallest absolute Gasteiger partial charge is 0.194 e. The van der Waals surface area contributed by atoms with Crippen LogP contribution in [0.3, 0.4) is 0 Å². The molecule has 1 aliphatic carbocycles. The van der Waals surface area contributed by atoms with E-state index in [0.717, 1.165) is 32.1 Å². The van der Waals surface area contributed by atoms with Gasteiger partial charge >= 0.3 is 0 Å². The molecule has 2 heterocycles. The van der Waals surface area contributed by atoms with Crippen LogP contribution in [0, 0.1) is 0 Å². The minimum Gasteiger partial charge on any atom is -0.357 e. The number of nitrogens with one attached hydrogen (secondary N) is 1. The van der Waals surface area contributed by atoms with E-state index in [4.69, 9.17) is 4.99 Å². The van der Waals surface area contributed by atoms with E-state index in [1.54, 1.807) is 0 Å². The summed E-state index contributed by atoms with van der Waals surface area (Å²) >= 11 is 2.24. The zero-order chi connectivity index (χ0) is 18.2. The molecule has 3 fully saturated rings. The van der Waals surface area contributed by atoms with Crippen LogP contribution < -0.4 is 5.32 Å². The zero-order valence-electron chi connectivity index (χ0n) is 17.0. The average molecular weight is 382 g/mol. The lowest BCUT2D eigenvalue weighted by atomic mass is 9.87. The van der Waals surface area contributed by atoms with Gasteiger partial charge in [0.05, 0.1) is 6.54 Å². The van der Waals surface area contributed by atoms with Crippen molar-refractivity contribution in [2.75, 3.05) is 71.2 Å². The summed E-state index contributed by atoms with van der Waals surface area (Å²) in [7, 11) is 0. The molecule has 3 aliphatic rings. The largest absolute Gasteiger partial charge is 0.357 e. The third-order valence-electron chi connectivity index (χ3n) is 6.24. The number of nitrogens with zero attached hydrogens (tertiary/aromatic N) is 4. The number of aliphatic imine (C=N–C) groups is 1. The summed E-state index contributed by atoms with van der Waals surface area (Å²) in [6.45, 7) is 15.8. The Balaban J connectivity index is 1.51. The monoisotopic (exact) mass is 381 g/mol. The van der Waals surface area contributed by atoms with Crippen molar-refractivity contribution in [3.8, 4) is 0 Å². The van der Waals surface area contributed by atoms with Crippen molar-refractivity contribution in [2.45, 2.75) is 50.7 Å². The normalized spacial score (nSPS) is 25.6. The molecule has 5 nitrogen and oxygen atoms in total. The highest BCUT2D eigenvalue weighted by atomic mass is 32.2. The van der Waals surface area contributed by atoms with E-state index in [0.29, 0.717) is 4.75 Å². The molecule has 0 unspecified atom stereocenters. The first-order valence-corrected chi connectivity index (χ1v) is 11.9. The Labute approximate surface area is 165 Å². The van der Waals surface area contributed by atoms with Gasteiger partial charge in [0, 0.05) is 62.9 Å². The van der Waals surface area contributed by atoms with Crippen LogP contribution in [0.5, 0.6) is 0 Å². The molecule has 6 heteroatoms. The van der Waals surface area contributed by atoms with E-state index in [-0.39, 0.29) is 0 Å². The summed E-state index contributed by atoms with van der Waals surface area (Å²) in [5, 5.41) is 3.57. The summed E-state index contributed by atoms with van der Waals surface area (Å²) in [5.41, 5.74) is 0. The molecule has 0 bridgehead atoms. The van der Waals surface area contributed by atoms with Crippen LogP contribution in [0.1, 0.15) is 46.0 Å². The Morgan fingerprint density at radius 1 is 1.00 bits per heavy atom. The van der Waals surface area contributed by atoms with Gasteiger partial charge in [-0.1, -0.05) is 26.2 Å². The second-order valence-electron chi connectivity index (χ2n) is 8.03. The van der Waals surface area contributed by atoms with Gasteiger partial charge in [-0.3, -0.25) is 9.89 Å². The fraction of sp³-hybridized carbons (Fsp3) is 0.950. The maximum absolute atomic E-state index is 5.02. The molecule has 1 spiro atoms. The lowest BCUT2D eigenvalue weighted by molar-refractivity contribution is 0.140. The molecule has 0 atom stereocenters. The van der Waals surface area contributed by atoms with Crippen molar-refractivity contribution in [3.05, 3.63) is 0 Å². The molecule has 0 aromatic rings. The lowest BCUT2D eigenvalue weighted by Gasteiger charge is -2.45. The van der Waals surface area contributed by atoms with Crippen LogP contribution in [0.15, 0.2) is 4.99 Å². The minimum atomic E-state index is 0.503. The average Bonchev–Trinajstić information content (AvgIpc) is 2.68. The van der Waals surface area contributed by atoms with Gasteiger partial charge in [-0.25, -0.2) is 0 Å². The van der Waals surface area contributed by atoms with Gasteiger partial charge in [0.1, 0.15) is 0 Å². The number of rotatable bonds is 5. The summed E-state index contributed by atoms with van der Waals surface area (Å²) in [5.74, 6) is 2.41. The topological polar surface area (TPSA) is 34.1 Å². The van der Waals surface area contributed by atoms with Gasteiger partial charge in [-0.05, 0) is 26.3 Å². The first-order valence-electron chi connectivity index (χ1n) is 10.9. The number of hydrogen-bond acceptors (Lipinski definition) is 4. The van der Waals surface area contributed by atoms with E-state index < -0.39 is 0 Å². The molecule has 1 saturated carbocycles. The maximum atomic E-state index is 5.02. The number of hydrogen-bond donors (Lipinski definition) is 1. The van der Waals surface area contributed by atoms with Crippen molar-refractivity contribution >= 4 is 17.7 Å². The quantitative estimate of drug-likeness (QED) is 0.584. The van der Waals surface area contributed by atoms with Crippen LogP contribution in [0.2, 0.25) is 0 Å². The molecule has 2 aliphatic heterocycles. The third-order valence-corrected chi connectivity index (χ3v) is 7.77. The molecular formula is C20H39N5S. The molecule has 0 aromatic carbocycles. The molecule has 0 radical (unpaired) electrons. The molecule has 150 valence electrons. The highest BCUT2D eigenvalue weighted by molar-refractivity contribution is 8.00. The van der Waals surface area contributed by atoms with Crippen LogP contribution in [-0.2, 0) is 0 Å². The van der Waals surface area contributed by atoms with E-state index in [1.165, 1.54) is 77.1 Å². The Kier molecular flexibility index (Phi) is 7.94. The van der Waals surface area contributed by atoms with Crippen molar-refractivity contribution in [2.24, 2.45) is 4.99 Å². The fourth-order valence-electron chi connectivity index (χ4n) is 4.58. The standard InChI is InChI=1S/C20H39N5S/c1-3-21-19(22-10-11-24-14-12-23(4-2)13-15-24)25-16-17-26-20(18-25)8-6-5-7-9-20/h3-18H2,1-2H3,(H,21,22). The summed E-state index contributed by atoms with van der Waals surface area (Å²) in [4.78, 5) is 12.7. The van der Waals surface area contributed by atoms with Crippen LogP contribution in [-0.4, -0.2) is 96.6 Å². The van der Waals surface area contributed by atoms with Gasteiger partial charge in [0.15, 0.2) is 5.96 Å². The first-order chi connectivity index (χ1) is 12.7. The van der Waals surface area contributed by atoms with Gasteiger partial charge in [0.25, 0.3) is 0 Å². The Bertz CT molecular complexity index is 436. The van der Waals surface area contributed by atoms with Gasteiger partial charge in [0.2, 0.25) is 0 Å². The van der Waals surface area contributed by atoms with E-state index in [1.807, 2.05) is 0 Å².